The molecule has 1 amide bonds. The lowest BCUT2D eigenvalue weighted by atomic mass is 9.96. The van der Waals surface area contributed by atoms with Gasteiger partial charge in [0.25, 0.3) is 0 Å². The van der Waals surface area contributed by atoms with Crippen molar-refractivity contribution in [3.8, 4) is 0 Å². The summed E-state index contributed by atoms with van der Waals surface area (Å²) in [6.07, 6.45) is 44.1. The number of rotatable bonds is 62. The topological polar surface area (TPSA) is 307 Å². The molecule has 3 aliphatic heterocycles. The highest BCUT2D eigenvalue weighted by Crippen LogP contribution is 2.33. The van der Waals surface area contributed by atoms with E-state index in [9.17, 15) is 61.0 Å². The maximum atomic E-state index is 13.5. The molecule has 0 saturated carbocycles. The molecule has 0 aromatic rings. The van der Waals surface area contributed by atoms with Crippen molar-refractivity contribution in [1.29, 1.82) is 0 Å². The first-order chi connectivity index (χ1) is 46.8. The molecule has 3 fully saturated rings. The minimum atomic E-state index is -1.98. The fourth-order valence-corrected chi connectivity index (χ4v) is 13.3. The van der Waals surface area contributed by atoms with Gasteiger partial charge in [0.15, 0.2) is 18.9 Å². The van der Waals surface area contributed by atoms with Crippen LogP contribution in [0.2, 0.25) is 0 Å². The largest absolute Gasteiger partial charge is 0.394 e. The molecule has 0 aromatic carbocycles. The van der Waals surface area contributed by atoms with E-state index in [1.54, 1.807) is 6.08 Å². The molecule has 19 nitrogen and oxygen atoms in total. The zero-order valence-corrected chi connectivity index (χ0v) is 60.1. The van der Waals surface area contributed by atoms with Crippen molar-refractivity contribution in [3.63, 3.8) is 0 Å². The smallest absolute Gasteiger partial charge is 0.220 e. The molecule has 17 unspecified atom stereocenters. The van der Waals surface area contributed by atoms with Crippen LogP contribution in [0.4, 0.5) is 0 Å². The minimum absolute atomic E-state index is 0.247. The zero-order chi connectivity index (χ0) is 69.6. The highest BCUT2D eigenvalue weighted by Gasteiger charge is 2.53. The second kappa shape index (κ2) is 58.5. The third kappa shape index (κ3) is 38.9. The number of hydrogen-bond donors (Lipinski definition) is 12. The summed E-state index contributed by atoms with van der Waals surface area (Å²) in [7, 11) is 0. The molecule has 0 bridgehead atoms. The number of ether oxygens (including phenoxy) is 6. The van der Waals surface area contributed by atoms with Crippen molar-refractivity contribution in [2.75, 3.05) is 26.4 Å². The van der Waals surface area contributed by atoms with Crippen molar-refractivity contribution >= 4 is 5.91 Å². The summed E-state index contributed by atoms with van der Waals surface area (Å²) in [5.41, 5.74) is 0. The molecule has 3 rings (SSSR count). The van der Waals surface area contributed by atoms with Crippen LogP contribution < -0.4 is 5.32 Å². The van der Waals surface area contributed by atoms with E-state index in [-0.39, 0.29) is 18.9 Å². The van der Waals surface area contributed by atoms with E-state index in [2.05, 4.69) is 43.5 Å². The summed E-state index contributed by atoms with van der Waals surface area (Å²) in [6.45, 7) is 1.77. The van der Waals surface area contributed by atoms with Crippen LogP contribution in [0.15, 0.2) is 36.5 Å². The number of allylic oxidation sites excluding steroid dienone is 5. The monoisotopic (exact) mass is 1370 g/mol. The molecule has 0 aromatic heterocycles. The van der Waals surface area contributed by atoms with Crippen molar-refractivity contribution in [2.24, 2.45) is 0 Å². The van der Waals surface area contributed by atoms with E-state index in [1.165, 1.54) is 238 Å². The molecule has 0 spiro atoms. The van der Waals surface area contributed by atoms with Crippen LogP contribution in [0.25, 0.3) is 0 Å². The molecule has 96 heavy (non-hydrogen) atoms. The average molecular weight is 1370 g/mol. The van der Waals surface area contributed by atoms with Crippen molar-refractivity contribution in [1.82, 2.24) is 5.32 Å². The molecular weight excluding hydrogens is 1230 g/mol. The second-order valence-electron chi connectivity index (χ2n) is 28.2. The lowest BCUT2D eigenvalue weighted by Gasteiger charge is -2.48. The van der Waals surface area contributed by atoms with Crippen molar-refractivity contribution in [3.05, 3.63) is 36.5 Å². The standard InChI is InChI=1S/C77H143NO18/c1-3-5-7-9-11-13-15-17-19-21-23-25-26-27-28-29-30-31-32-33-34-35-37-39-41-43-45-47-49-51-53-55-65(83)78-60(61(82)54-52-50-48-46-44-42-40-38-36-24-22-20-18-16-14-12-10-8-6-4-2)59-91-75-71(89)68(86)73(63(57-80)93-75)96-77-72(90)69(87)74(64(58-81)94-77)95-76-70(88)67(85)66(84)62(56-79)92-76/h15,17,21,23,52,54,60-64,66-77,79-82,84-90H,3-14,16,18-20,22,24-51,53,55-59H2,1-2H3,(H,78,83)/b17-15-,23-21-,54-52+. The molecule has 3 aliphatic rings. The van der Waals surface area contributed by atoms with Crippen LogP contribution in [-0.4, -0.2) is 193 Å². The average Bonchev–Trinajstić information content (AvgIpc) is 0.786. The van der Waals surface area contributed by atoms with E-state index >= 15 is 0 Å². The van der Waals surface area contributed by atoms with Crippen LogP contribution >= 0.6 is 0 Å². The number of hydrogen-bond acceptors (Lipinski definition) is 18. The van der Waals surface area contributed by atoms with Gasteiger partial charge in [-0.1, -0.05) is 294 Å². The van der Waals surface area contributed by atoms with Gasteiger partial charge in [0, 0.05) is 6.42 Å². The Labute approximate surface area is 581 Å². The second-order valence-corrected chi connectivity index (χ2v) is 28.2. The Bertz CT molecular complexity index is 1880. The molecular formula is C77H143NO18. The van der Waals surface area contributed by atoms with E-state index in [0.29, 0.717) is 6.42 Å². The third-order valence-corrected chi connectivity index (χ3v) is 19.7. The van der Waals surface area contributed by atoms with Gasteiger partial charge in [-0.2, -0.15) is 0 Å². The van der Waals surface area contributed by atoms with Gasteiger partial charge in [0.1, 0.15) is 73.2 Å². The number of aliphatic hydroxyl groups excluding tert-OH is 11. The fraction of sp³-hybridized carbons (Fsp3) is 0.909. The minimum Gasteiger partial charge on any atom is -0.394 e. The highest BCUT2D eigenvalue weighted by molar-refractivity contribution is 5.76. The first kappa shape index (κ1) is 88.2. The normalized spacial score (nSPS) is 27.2. The summed E-state index contributed by atoms with van der Waals surface area (Å²) in [6, 6.07) is -0.972. The molecule has 0 aliphatic carbocycles. The Morgan fingerprint density at radius 1 is 0.375 bits per heavy atom. The molecule has 3 saturated heterocycles. The number of unbranched alkanes of at least 4 members (excludes halogenated alkanes) is 42. The predicted molar refractivity (Wildman–Crippen MR) is 379 cm³/mol. The SMILES string of the molecule is CCCCCCC/C=C\C/C=C\CCCCCCCCCCCCCCCCCCCCCC(=O)NC(COC1OC(CO)C(OC2OC(CO)C(OC3OC(CO)C(O)C(O)C3O)C(O)C2O)C(O)C1O)C(O)/C=C/CCCCCCCCCCCCCCCCCCCC. The Kier molecular flexibility index (Phi) is 53.8. The third-order valence-electron chi connectivity index (χ3n) is 19.7. The van der Waals surface area contributed by atoms with Crippen molar-refractivity contribution in [2.45, 2.75) is 420 Å². The Balaban J connectivity index is 1.37. The van der Waals surface area contributed by atoms with E-state index < -0.39 is 124 Å². The molecule has 0 radical (unpaired) electrons. The molecule has 19 heteroatoms. The number of amides is 1. The highest BCUT2D eigenvalue weighted by atomic mass is 16.8. The summed E-state index contributed by atoms with van der Waals surface area (Å²) < 4.78 is 34.4. The quantitative estimate of drug-likeness (QED) is 0.0199. The van der Waals surface area contributed by atoms with E-state index in [4.69, 9.17) is 28.4 Å². The number of carbonyl (C=O) groups is 1. The maximum absolute atomic E-state index is 13.5. The first-order valence-corrected chi connectivity index (χ1v) is 39.2. The summed E-state index contributed by atoms with van der Waals surface area (Å²) in [4.78, 5) is 13.5. The van der Waals surface area contributed by atoms with Gasteiger partial charge in [0.05, 0.1) is 38.6 Å². The molecule has 12 N–H and O–H groups in total. The number of carbonyl (C=O) groups excluding carboxylic acids is 1. The van der Waals surface area contributed by atoms with Crippen LogP contribution in [0.1, 0.15) is 316 Å². The lowest BCUT2D eigenvalue weighted by Crippen LogP contribution is -2.66. The Morgan fingerprint density at radius 2 is 0.688 bits per heavy atom. The van der Waals surface area contributed by atoms with Gasteiger partial charge < -0.3 is 89.9 Å². The van der Waals surface area contributed by atoms with Crippen LogP contribution in [0, 0.1) is 0 Å². The Hall–Kier alpha value is -1.99. The van der Waals surface area contributed by atoms with Gasteiger partial charge >= 0.3 is 0 Å². The van der Waals surface area contributed by atoms with Gasteiger partial charge in [0.2, 0.25) is 5.91 Å². The van der Waals surface area contributed by atoms with E-state index in [0.717, 1.165) is 51.4 Å². The van der Waals surface area contributed by atoms with Crippen LogP contribution in [-0.2, 0) is 33.2 Å². The Morgan fingerprint density at radius 3 is 1.06 bits per heavy atom. The summed E-state index contributed by atoms with van der Waals surface area (Å²) >= 11 is 0. The van der Waals surface area contributed by atoms with Gasteiger partial charge in [-0.15, -0.1) is 0 Å². The molecule has 564 valence electrons. The summed E-state index contributed by atoms with van der Waals surface area (Å²) in [5, 5.41) is 121. The van der Waals surface area contributed by atoms with Gasteiger partial charge in [-0.05, 0) is 51.4 Å². The summed E-state index contributed by atoms with van der Waals surface area (Å²) in [5.74, 6) is -0.270. The van der Waals surface area contributed by atoms with Crippen LogP contribution in [0.3, 0.4) is 0 Å². The molecule has 3 heterocycles. The lowest BCUT2D eigenvalue weighted by molar-refractivity contribution is -0.379. The van der Waals surface area contributed by atoms with Crippen molar-refractivity contribution < 1.29 is 89.4 Å². The van der Waals surface area contributed by atoms with Gasteiger partial charge in [-0.3, -0.25) is 4.79 Å². The van der Waals surface area contributed by atoms with Gasteiger partial charge in [-0.25, -0.2) is 0 Å². The zero-order valence-electron chi connectivity index (χ0n) is 60.1. The van der Waals surface area contributed by atoms with Crippen LogP contribution in [0.5, 0.6) is 0 Å². The number of aliphatic hydroxyl groups is 11. The predicted octanol–water partition coefficient (Wildman–Crippen LogP) is 12.3. The fourth-order valence-electron chi connectivity index (χ4n) is 13.3. The van der Waals surface area contributed by atoms with E-state index in [1.807, 2.05) is 6.08 Å². The number of nitrogens with one attached hydrogen (secondary N) is 1. The maximum Gasteiger partial charge on any atom is 0.220 e. The first-order valence-electron chi connectivity index (χ1n) is 39.2. The molecule has 17 atom stereocenters.